The minimum Gasteiger partial charge on any atom is -0.497 e. The zero-order chi connectivity index (χ0) is 26.9. The van der Waals surface area contributed by atoms with Crippen LogP contribution < -0.4 is 4.74 Å². The van der Waals surface area contributed by atoms with Crippen molar-refractivity contribution in [2.45, 2.75) is 24.1 Å². The molecule has 39 heavy (non-hydrogen) atoms. The summed E-state index contributed by atoms with van der Waals surface area (Å²) >= 11 is 1.25. The number of hydrogen-bond donors (Lipinski definition) is 0. The summed E-state index contributed by atoms with van der Waals surface area (Å²) < 4.78 is 18.6. The van der Waals surface area contributed by atoms with Gasteiger partial charge in [0.2, 0.25) is 0 Å². The smallest absolute Gasteiger partial charge is 0.262 e. The number of benzene rings is 4. The number of hydrogen-bond acceptors (Lipinski definition) is 6. The Morgan fingerprint density at radius 1 is 1.00 bits per heavy atom. The molecule has 1 amide bonds. The van der Waals surface area contributed by atoms with Gasteiger partial charge in [0.25, 0.3) is 5.91 Å². The van der Waals surface area contributed by atoms with Crippen molar-refractivity contribution < 1.29 is 18.7 Å². The normalized spacial score (nSPS) is 18.8. The first-order chi connectivity index (χ1) is 19.0. The summed E-state index contributed by atoms with van der Waals surface area (Å²) in [6.07, 6.45) is 0.599. The SMILES string of the molecule is COc1ccc([C@@H]2CC(c3ccc4ccccc4c3)=NN2C2=NC(=O)[C@H](CC(=O)c3ccc(F)cc3)S2)cc1. The van der Waals surface area contributed by atoms with E-state index in [0.29, 0.717) is 17.2 Å². The molecular formula is C31H24FN3O3S. The first-order valence-corrected chi connectivity index (χ1v) is 13.4. The van der Waals surface area contributed by atoms with Gasteiger partial charge in [0.15, 0.2) is 11.0 Å². The van der Waals surface area contributed by atoms with Crippen LogP contribution in [0.2, 0.25) is 0 Å². The van der Waals surface area contributed by atoms with Crippen molar-refractivity contribution in [3.63, 3.8) is 0 Å². The Morgan fingerprint density at radius 2 is 1.74 bits per heavy atom. The van der Waals surface area contributed by atoms with E-state index in [1.807, 2.05) is 36.4 Å². The fourth-order valence-electron chi connectivity index (χ4n) is 4.84. The molecule has 0 fully saturated rings. The summed E-state index contributed by atoms with van der Waals surface area (Å²) in [6.45, 7) is 0. The third-order valence-corrected chi connectivity index (χ3v) is 8.10. The van der Waals surface area contributed by atoms with Crippen LogP contribution in [0.15, 0.2) is 101 Å². The lowest BCUT2D eigenvalue weighted by atomic mass is 9.97. The monoisotopic (exact) mass is 537 g/mol. The molecule has 0 saturated heterocycles. The van der Waals surface area contributed by atoms with Crippen molar-refractivity contribution in [2.24, 2.45) is 10.1 Å². The maximum absolute atomic E-state index is 13.3. The Morgan fingerprint density at radius 3 is 2.49 bits per heavy atom. The van der Waals surface area contributed by atoms with Crippen LogP contribution in [-0.4, -0.2) is 39.9 Å². The lowest BCUT2D eigenvalue weighted by molar-refractivity contribution is -0.117. The summed E-state index contributed by atoms with van der Waals surface area (Å²) in [5.74, 6) is -0.262. The third-order valence-electron chi connectivity index (χ3n) is 6.96. The number of rotatable bonds is 6. The molecule has 0 unspecified atom stereocenters. The fourth-order valence-corrected chi connectivity index (χ4v) is 5.90. The maximum Gasteiger partial charge on any atom is 0.262 e. The van der Waals surface area contributed by atoms with Gasteiger partial charge in [-0.2, -0.15) is 10.1 Å². The first-order valence-electron chi connectivity index (χ1n) is 12.6. The minimum absolute atomic E-state index is 0.0234. The largest absolute Gasteiger partial charge is 0.497 e. The molecule has 2 atom stereocenters. The molecule has 0 saturated carbocycles. The summed E-state index contributed by atoms with van der Waals surface area (Å²) in [5, 5.41) is 8.84. The Hall–Kier alpha value is -4.30. The van der Waals surface area contributed by atoms with Gasteiger partial charge >= 0.3 is 0 Å². The van der Waals surface area contributed by atoms with E-state index in [0.717, 1.165) is 33.4 Å². The number of ether oxygens (including phenoxy) is 1. The van der Waals surface area contributed by atoms with E-state index >= 15 is 0 Å². The van der Waals surface area contributed by atoms with Crippen LogP contribution in [0.1, 0.15) is 40.4 Å². The lowest BCUT2D eigenvalue weighted by Crippen LogP contribution is -2.24. The summed E-state index contributed by atoms with van der Waals surface area (Å²) in [7, 11) is 1.63. The fraction of sp³-hybridized carbons (Fsp3) is 0.161. The summed E-state index contributed by atoms with van der Waals surface area (Å²) in [5.41, 5.74) is 3.28. The highest BCUT2D eigenvalue weighted by atomic mass is 32.2. The molecule has 4 aromatic carbocycles. The van der Waals surface area contributed by atoms with Crippen molar-refractivity contribution in [1.29, 1.82) is 0 Å². The molecule has 6 nitrogen and oxygen atoms in total. The van der Waals surface area contributed by atoms with E-state index in [2.05, 4.69) is 35.3 Å². The Balaban J connectivity index is 1.29. The van der Waals surface area contributed by atoms with Crippen LogP contribution in [-0.2, 0) is 4.79 Å². The van der Waals surface area contributed by atoms with Gasteiger partial charge in [0.1, 0.15) is 16.8 Å². The van der Waals surface area contributed by atoms with Gasteiger partial charge in [0.05, 0.1) is 18.9 Å². The lowest BCUT2D eigenvalue weighted by Gasteiger charge is -2.23. The van der Waals surface area contributed by atoms with E-state index in [9.17, 15) is 14.0 Å². The van der Waals surface area contributed by atoms with Gasteiger partial charge in [0, 0.05) is 18.4 Å². The molecule has 0 N–H and O–H groups in total. The molecule has 0 spiro atoms. The predicted molar refractivity (Wildman–Crippen MR) is 152 cm³/mol. The number of thioether (sulfide) groups is 1. The van der Waals surface area contributed by atoms with E-state index in [-0.39, 0.29) is 24.2 Å². The number of amidine groups is 1. The van der Waals surface area contributed by atoms with Crippen LogP contribution in [0.25, 0.3) is 10.8 Å². The molecule has 6 rings (SSSR count). The van der Waals surface area contributed by atoms with Gasteiger partial charge in [-0.1, -0.05) is 60.3 Å². The number of carbonyl (C=O) groups excluding carboxylic acids is 2. The van der Waals surface area contributed by atoms with E-state index in [1.165, 1.54) is 36.0 Å². The molecule has 0 aromatic heterocycles. The minimum atomic E-state index is -0.658. The number of carbonyl (C=O) groups is 2. The van der Waals surface area contributed by atoms with Crippen LogP contribution >= 0.6 is 11.8 Å². The topological polar surface area (TPSA) is 71.3 Å². The van der Waals surface area contributed by atoms with Gasteiger partial charge in [-0.3, -0.25) is 9.59 Å². The van der Waals surface area contributed by atoms with E-state index < -0.39 is 11.1 Å². The van der Waals surface area contributed by atoms with Crippen molar-refractivity contribution >= 4 is 45.1 Å². The zero-order valence-electron chi connectivity index (χ0n) is 21.1. The van der Waals surface area contributed by atoms with Crippen LogP contribution in [0.5, 0.6) is 5.75 Å². The van der Waals surface area contributed by atoms with Crippen molar-refractivity contribution in [1.82, 2.24) is 5.01 Å². The number of ketones is 1. The van der Waals surface area contributed by atoms with E-state index in [1.54, 1.807) is 12.1 Å². The number of aliphatic imine (C=N–C) groups is 1. The number of nitrogens with zero attached hydrogens (tertiary/aromatic N) is 3. The third kappa shape index (κ3) is 5.07. The van der Waals surface area contributed by atoms with Gasteiger partial charge in [-0.25, -0.2) is 9.40 Å². The maximum atomic E-state index is 13.3. The molecule has 194 valence electrons. The Bertz CT molecular complexity index is 1630. The van der Waals surface area contributed by atoms with Gasteiger partial charge in [-0.15, -0.1) is 0 Å². The number of halogens is 1. The molecule has 0 aliphatic carbocycles. The van der Waals surface area contributed by atoms with Gasteiger partial charge in [-0.05, 0) is 64.4 Å². The number of fused-ring (bicyclic) bond motifs is 1. The summed E-state index contributed by atoms with van der Waals surface area (Å²) in [6, 6.07) is 27.4. The quantitative estimate of drug-likeness (QED) is 0.266. The Kier molecular flexibility index (Phi) is 6.70. The average molecular weight is 538 g/mol. The number of hydrazone groups is 1. The highest BCUT2D eigenvalue weighted by Crippen LogP contribution is 2.39. The second-order valence-corrected chi connectivity index (χ2v) is 10.6. The van der Waals surface area contributed by atoms with Crippen LogP contribution in [0, 0.1) is 5.82 Å². The van der Waals surface area contributed by atoms with Crippen molar-refractivity contribution in [2.75, 3.05) is 7.11 Å². The first kappa shape index (κ1) is 25.0. The number of amides is 1. The number of methoxy groups -OCH3 is 1. The second-order valence-electron chi connectivity index (χ2n) is 9.42. The highest BCUT2D eigenvalue weighted by molar-refractivity contribution is 8.15. The molecule has 2 aliphatic heterocycles. The predicted octanol–water partition coefficient (Wildman–Crippen LogP) is 6.41. The van der Waals surface area contributed by atoms with Crippen molar-refractivity contribution in [3.05, 3.63) is 114 Å². The molecule has 0 bridgehead atoms. The van der Waals surface area contributed by atoms with Crippen molar-refractivity contribution in [3.8, 4) is 5.75 Å². The molecule has 0 radical (unpaired) electrons. The molecular weight excluding hydrogens is 513 g/mol. The van der Waals surface area contributed by atoms with Crippen LogP contribution in [0.3, 0.4) is 0 Å². The second kappa shape index (κ2) is 10.5. The highest BCUT2D eigenvalue weighted by Gasteiger charge is 2.39. The molecule has 4 aromatic rings. The van der Waals surface area contributed by atoms with Gasteiger partial charge < -0.3 is 4.74 Å². The Labute approximate surface area is 229 Å². The van der Waals surface area contributed by atoms with Crippen LogP contribution in [0.4, 0.5) is 4.39 Å². The molecule has 8 heteroatoms. The average Bonchev–Trinajstić information content (AvgIpc) is 3.57. The standard InChI is InChI=1S/C31H24FN3O3S/c1-38-25-14-10-20(11-15-25)27-17-26(23-7-6-19-4-2-3-5-22(19)16-23)34-35(27)31-33-30(37)29(39-31)18-28(36)21-8-12-24(32)13-9-21/h2-16,27,29H,17-18H2,1H3/t27-,29-/m0/s1. The van der Waals surface area contributed by atoms with E-state index in [4.69, 9.17) is 9.84 Å². The number of Topliss-reactive ketones (excluding diaryl/α,β-unsaturated/α-hetero) is 1. The molecule has 2 aliphatic rings. The molecule has 2 heterocycles. The zero-order valence-corrected chi connectivity index (χ0v) is 21.9. The summed E-state index contributed by atoms with van der Waals surface area (Å²) in [4.78, 5) is 30.0.